The van der Waals surface area contributed by atoms with Crippen molar-refractivity contribution in [3.05, 3.63) is 58.6 Å². The first-order valence-electron chi connectivity index (χ1n) is 6.09. The van der Waals surface area contributed by atoms with Gasteiger partial charge in [-0.1, -0.05) is 11.6 Å². The van der Waals surface area contributed by atoms with E-state index in [0.717, 1.165) is 6.07 Å². The highest BCUT2D eigenvalue weighted by Crippen LogP contribution is 2.20. The summed E-state index contributed by atoms with van der Waals surface area (Å²) in [6, 6.07) is 5.53. The molecule has 2 aromatic rings. The number of rotatable bonds is 4. The largest absolute Gasteiger partial charge is 0.489 e. The molecule has 20 heavy (non-hydrogen) atoms. The molecular formula is C15H13ClFNO2. The number of benzene rings is 1. The van der Waals surface area contributed by atoms with E-state index in [1.807, 2.05) is 13.8 Å². The molecule has 0 spiro atoms. The first-order valence-corrected chi connectivity index (χ1v) is 6.46. The van der Waals surface area contributed by atoms with Gasteiger partial charge in [0.2, 0.25) is 0 Å². The fraction of sp³-hybridized carbons (Fsp3) is 0.200. The predicted octanol–water partition coefficient (Wildman–Crippen LogP) is 3.89. The van der Waals surface area contributed by atoms with Crippen molar-refractivity contribution in [2.24, 2.45) is 0 Å². The molecule has 5 heteroatoms. The molecule has 0 aliphatic carbocycles. The molecule has 0 aliphatic heterocycles. The Kier molecular flexibility index (Phi) is 4.35. The number of aromatic nitrogens is 1. The van der Waals surface area contributed by atoms with Gasteiger partial charge in [-0.05, 0) is 38.1 Å². The van der Waals surface area contributed by atoms with Crippen LogP contribution in [0.2, 0.25) is 5.02 Å². The van der Waals surface area contributed by atoms with Gasteiger partial charge in [0.1, 0.15) is 11.6 Å². The number of pyridine rings is 1. The molecule has 1 heterocycles. The minimum Gasteiger partial charge on any atom is -0.489 e. The third-order valence-corrected chi connectivity index (χ3v) is 2.84. The Morgan fingerprint density at radius 3 is 2.65 bits per heavy atom. The van der Waals surface area contributed by atoms with Crippen LogP contribution < -0.4 is 4.74 Å². The quantitative estimate of drug-likeness (QED) is 0.803. The van der Waals surface area contributed by atoms with Gasteiger partial charge >= 0.3 is 0 Å². The molecule has 0 aliphatic rings. The van der Waals surface area contributed by atoms with Crippen LogP contribution in [0.3, 0.4) is 0 Å². The van der Waals surface area contributed by atoms with E-state index >= 15 is 0 Å². The van der Waals surface area contributed by atoms with Crippen LogP contribution in [0.15, 0.2) is 36.7 Å². The van der Waals surface area contributed by atoms with Gasteiger partial charge in [0, 0.05) is 17.3 Å². The van der Waals surface area contributed by atoms with Crippen molar-refractivity contribution in [1.82, 2.24) is 4.98 Å². The molecule has 0 bridgehead atoms. The van der Waals surface area contributed by atoms with Gasteiger partial charge < -0.3 is 4.74 Å². The number of ether oxygens (including phenoxy) is 1. The molecular weight excluding hydrogens is 281 g/mol. The zero-order valence-electron chi connectivity index (χ0n) is 11.1. The Morgan fingerprint density at radius 1 is 1.25 bits per heavy atom. The normalized spacial score (nSPS) is 10.7. The van der Waals surface area contributed by atoms with Gasteiger partial charge in [0.05, 0.1) is 17.3 Å². The van der Waals surface area contributed by atoms with E-state index in [9.17, 15) is 9.18 Å². The number of carbonyl (C=O) groups excluding carboxylic acids is 1. The van der Waals surface area contributed by atoms with Gasteiger partial charge in [-0.2, -0.15) is 0 Å². The first kappa shape index (κ1) is 14.5. The summed E-state index contributed by atoms with van der Waals surface area (Å²) in [4.78, 5) is 16.2. The summed E-state index contributed by atoms with van der Waals surface area (Å²) in [5.74, 6) is -0.456. The van der Waals surface area contributed by atoms with Gasteiger partial charge in [0.25, 0.3) is 0 Å². The maximum Gasteiger partial charge on any atom is 0.194 e. The first-order chi connectivity index (χ1) is 9.47. The molecule has 0 atom stereocenters. The lowest BCUT2D eigenvalue weighted by Crippen LogP contribution is -2.08. The van der Waals surface area contributed by atoms with Crippen LogP contribution in [-0.4, -0.2) is 16.9 Å². The number of halogens is 2. The average molecular weight is 294 g/mol. The molecule has 0 saturated carbocycles. The second-order valence-electron chi connectivity index (χ2n) is 4.53. The van der Waals surface area contributed by atoms with Crippen molar-refractivity contribution < 1.29 is 13.9 Å². The van der Waals surface area contributed by atoms with Gasteiger partial charge in [0.15, 0.2) is 5.78 Å². The van der Waals surface area contributed by atoms with E-state index in [1.54, 1.807) is 6.07 Å². The van der Waals surface area contributed by atoms with Crippen molar-refractivity contribution in [3.63, 3.8) is 0 Å². The molecule has 1 aromatic carbocycles. The van der Waals surface area contributed by atoms with E-state index in [4.69, 9.17) is 16.3 Å². The van der Waals surface area contributed by atoms with E-state index in [0.29, 0.717) is 11.3 Å². The molecule has 0 unspecified atom stereocenters. The number of ketones is 1. The predicted molar refractivity (Wildman–Crippen MR) is 74.8 cm³/mol. The third kappa shape index (κ3) is 3.33. The van der Waals surface area contributed by atoms with Crippen LogP contribution in [0.25, 0.3) is 0 Å². The smallest absolute Gasteiger partial charge is 0.194 e. The van der Waals surface area contributed by atoms with Crippen LogP contribution in [0.5, 0.6) is 5.75 Å². The van der Waals surface area contributed by atoms with Crippen molar-refractivity contribution in [1.29, 1.82) is 0 Å². The van der Waals surface area contributed by atoms with Gasteiger partial charge in [-0.15, -0.1) is 0 Å². The van der Waals surface area contributed by atoms with E-state index in [-0.39, 0.29) is 22.5 Å². The molecule has 3 nitrogen and oxygen atoms in total. The fourth-order valence-electron chi connectivity index (χ4n) is 1.68. The summed E-state index contributed by atoms with van der Waals surface area (Å²) in [5, 5.41) is -0.0171. The van der Waals surface area contributed by atoms with Crippen molar-refractivity contribution in [3.8, 4) is 5.75 Å². The lowest BCUT2D eigenvalue weighted by Gasteiger charge is -2.10. The summed E-state index contributed by atoms with van der Waals surface area (Å²) in [6.45, 7) is 3.76. The average Bonchev–Trinajstić information content (AvgIpc) is 2.40. The van der Waals surface area contributed by atoms with Crippen molar-refractivity contribution in [2.75, 3.05) is 0 Å². The second-order valence-corrected chi connectivity index (χ2v) is 4.94. The number of hydrogen-bond donors (Lipinski definition) is 0. The SMILES string of the molecule is CC(C)Oc1cncc(C(=O)c2ccc(Cl)c(F)c2)c1. The van der Waals surface area contributed by atoms with Gasteiger partial charge in [-0.3, -0.25) is 9.78 Å². The van der Waals surface area contributed by atoms with Crippen LogP contribution in [-0.2, 0) is 0 Å². The Bertz CT molecular complexity index is 644. The lowest BCUT2D eigenvalue weighted by molar-refractivity contribution is 0.103. The molecule has 0 fully saturated rings. The molecule has 0 saturated heterocycles. The maximum absolute atomic E-state index is 13.4. The minimum atomic E-state index is -0.625. The van der Waals surface area contributed by atoms with Crippen LogP contribution >= 0.6 is 11.6 Å². The summed E-state index contributed by atoms with van der Waals surface area (Å²) in [7, 11) is 0. The van der Waals surface area contributed by atoms with Crippen LogP contribution in [0, 0.1) is 5.82 Å². The number of carbonyl (C=O) groups is 1. The molecule has 104 valence electrons. The standard InChI is InChI=1S/C15H13ClFNO2/c1-9(2)20-12-5-11(7-18-8-12)15(19)10-3-4-13(16)14(17)6-10/h3-9H,1-2H3. The highest BCUT2D eigenvalue weighted by Gasteiger charge is 2.13. The molecule has 1 aromatic heterocycles. The van der Waals surface area contributed by atoms with Gasteiger partial charge in [-0.25, -0.2) is 4.39 Å². The molecule has 0 radical (unpaired) electrons. The lowest BCUT2D eigenvalue weighted by atomic mass is 10.0. The summed E-state index contributed by atoms with van der Waals surface area (Å²) >= 11 is 5.60. The third-order valence-electron chi connectivity index (χ3n) is 2.53. The van der Waals surface area contributed by atoms with Crippen LogP contribution in [0.4, 0.5) is 4.39 Å². The Labute approximate surface area is 121 Å². The summed E-state index contributed by atoms with van der Waals surface area (Å²) in [5.41, 5.74) is 0.556. The maximum atomic E-state index is 13.4. The highest BCUT2D eigenvalue weighted by atomic mass is 35.5. The molecule has 2 rings (SSSR count). The highest BCUT2D eigenvalue weighted by molar-refractivity contribution is 6.30. The minimum absolute atomic E-state index is 0.0171. The topological polar surface area (TPSA) is 39.2 Å². The Morgan fingerprint density at radius 2 is 2.00 bits per heavy atom. The van der Waals surface area contributed by atoms with Crippen molar-refractivity contribution in [2.45, 2.75) is 20.0 Å². The van der Waals surface area contributed by atoms with Crippen molar-refractivity contribution >= 4 is 17.4 Å². The zero-order chi connectivity index (χ0) is 14.7. The van der Waals surface area contributed by atoms with E-state index < -0.39 is 5.82 Å². The fourth-order valence-corrected chi connectivity index (χ4v) is 1.80. The van der Waals surface area contributed by atoms with E-state index in [1.165, 1.54) is 24.5 Å². The summed E-state index contributed by atoms with van der Waals surface area (Å²) < 4.78 is 18.9. The number of hydrogen-bond acceptors (Lipinski definition) is 3. The monoisotopic (exact) mass is 293 g/mol. The Balaban J connectivity index is 2.30. The van der Waals surface area contributed by atoms with Crippen LogP contribution in [0.1, 0.15) is 29.8 Å². The molecule has 0 amide bonds. The number of nitrogens with zero attached hydrogens (tertiary/aromatic N) is 1. The summed E-state index contributed by atoms with van der Waals surface area (Å²) in [6.07, 6.45) is 2.93. The van der Waals surface area contributed by atoms with E-state index in [2.05, 4.69) is 4.98 Å². The molecule has 0 N–H and O–H groups in total. The Hall–Kier alpha value is -1.94. The second kappa shape index (κ2) is 6.01. The zero-order valence-corrected chi connectivity index (χ0v) is 11.8.